The molecule has 1 aliphatic carbocycles. The van der Waals surface area contributed by atoms with E-state index in [1.165, 1.54) is 48.5 Å². The van der Waals surface area contributed by atoms with Gasteiger partial charge in [-0.25, -0.2) is 0 Å². The molecule has 0 aliphatic heterocycles. The van der Waals surface area contributed by atoms with Gasteiger partial charge in [0, 0.05) is 67.4 Å². The van der Waals surface area contributed by atoms with Crippen LogP contribution in [0.5, 0.6) is 0 Å². The first-order valence-corrected chi connectivity index (χ1v) is 17.6. The van der Waals surface area contributed by atoms with Crippen LogP contribution in [0.25, 0.3) is 32.0 Å². The van der Waals surface area contributed by atoms with Gasteiger partial charge in [-0.2, -0.15) is 26.3 Å². The van der Waals surface area contributed by atoms with Crippen molar-refractivity contribution in [1.29, 1.82) is 0 Å². The largest absolute Gasteiger partial charge is 0.380 e. The number of allylic oxidation sites excluding steroid dienone is 2. The van der Waals surface area contributed by atoms with Crippen LogP contribution in [0.1, 0.15) is 32.0 Å². The van der Waals surface area contributed by atoms with Crippen molar-refractivity contribution < 1.29 is 36.2 Å². The minimum Gasteiger partial charge on any atom is -0.258 e. The molecule has 2 aromatic heterocycles. The predicted octanol–water partition coefficient (Wildman–Crippen LogP) is 11.6. The molecule has 4 aromatic carbocycles. The summed E-state index contributed by atoms with van der Waals surface area (Å²) in [5.74, 6) is -5.95. The average Bonchev–Trinajstić information content (AvgIpc) is 3.82. The first kappa shape index (κ1) is 36.9. The van der Waals surface area contributed by atoms with Crippen molar-refractivity contribution in [3.63, 3.8) is 0 Å². The molecular weight excluding hydrogens is 763 g/mol. The van der Waals surface area contributed by atoms with Gasteiger partial charge in [0.2, 0.25) is 0 Å². The number of thiophene rings is 2. The number of nitro benzene ring substituents is 2. The van der Waals surface area contributed by atoms with Crippen LogP contribution in [0.3, 0.4) is 0 Å². The number of halogens is 6. The van der Waals surface area contributed by atoms with E-state index in [2.05, 4.69) is 23.7 Å². The fourth-order valence-electron chi connectivity index (χ4n) is 5.85. The Morgan fingerprint density at radius 2 is 0.836 bits per heavy atom. The number of hydrogen-bond donors (Lipinski definition) is 0. The molecule has 7 rings (SSSR count). The topological polar surface area (TPSA) is 86.3 Å². The second-order valence-corrected chi connectivity index (χ2v) is 14.1. The van der Waals surface area contributed by atoms with Crippen molar-refractivity contribution in [2.45, 2.75) is 17.8 Å². The third kappa shape index (κ3) is 6.67. The molecule has 6 nitrogen and oxygen atoms in total. The van der Waals surface area contributed by atoms with Gasteiger partial charge in [0.05, 0.1) is 19.6 Å². The number of benzene rings is 4. The number of non-ortho nitro benzene ring substituents is 2. The molecule has 14 heteroatoms. The molecule has 0 spiro atoms. The van der Waals surface area contributed by atoms with Crippen molar-refractivity contribution in [1.82, 2.24) is 0 Å². The van der Waals surface area contributed by atoms with Gasteiger partial charge in [-0.15, -0.1) is 22.7 Å². The van der Waals surface area contributed by atoms with E-state index in [1.807, 2.05) is 0 Å². The molecule has 0 unspecified atom stereocenters. The highest BCUT2D eigenvalue weighted by molar-refractivity contribution is 7.16. The third-order valence-electron chi connectivity index (χ3n) is 8.58. The highest BCUT2D eigenvalue weighted by Gasteiger charge is 2.80. The normalized spacial score (nSPS) is 15.1. The lowest BCUT2D eigenvalue weighted by Gasteiger charge is -2.25. The Morgan fingerprint density at radius 1 is 0.491 bits per heavy atom. The molecule has 2 heterocycles. The van der Waals surface area contributed by atoms with Crippen LogP contribution in [0, 0.1) is 43.9 Å². The molecular formula is C41H20F6N2O4S2. The zero-order valence-corrected chi connectivity index (χ0v) is 29.3. The van der Waals surface area contributed by atoms with E-state index in [4.69, 9.17) is 0 Å². The fourth-order valence-corrected chi connectivity index (χ4v) is 7.90. The number of alkyl halides is 6. The van der Waals surface area contributed by atoms with E-state index in [-0.39, 0.29) is 42.0 Å². The first-order valence-electron chi connectivity index (χ1n) is 16.0. The van der Waals surface area contributed by atoms with Crippen LogP contribution in [0.15, 0.2) is 121 Å². The standard InChI is InChI=1S/C41H20F6N2O4S2/c42-39(43)37(31-23-35(27-7-3-1-4-8-27)54-33(31)21-15-25-11-17-29(18-12-25)48(50)51)38(40(44,45)41(39,46)47)32-24-36(28-9-5-2-6-10-28)55-34(32)22-16-26-13-19-30(20-14-26)49(52)53/h1-14,17-20,23-24H. The fraction of sp³-hybridized carbons (Fsp3) is 0.0732. The van der Waals surface area contributed by atoms with Gasteiger partial charge in [0.25, 0.3) is 11.4 Å². The Kier molecular flexibility index (Phi) is 9.42. The van der Waals surface area contributed by atoms with E-state index in [1.54, 1.807) is 60.7 Å². The zero-order valence-electron chi connectivity index (χ0n) is 27.7. The first-order chi connectivity index (χ1) is 26.2. The Bertz CT molecular complexity index is 2450. The second-order valence-electron chi connectivity index (χ2n) is 12.0. The highest BCUT2D eigenvalue weighted by atomic mass is 32.1. The van der Waals surface area contributed by atoms with Crippen molar-refractivity contribution in [2.75, 3.05) is 0 Å². The van der Waals surface area contributed by atoms with Crippen molar-refractivity contribution in [3.05, 3.63) is 174 Å². The SMILES string of the molecule is O=[N+]([O-])c1ccc(C#Cc2sc(-c3ccccc3)cc2C2=C(c3cc(-c4ccccc4)sc3C#Cc3ccc([N+](=O)[O-])cc3)C(F)(F)C(F)(F)C2(F)F)cc1. The molecule has 0 N–H and O–H groups in total. The van der Waals surface area contributed by atoms with Gasteiger partial charge >= 0.3 is 17.8 Å². The summed E-state index contributed by atoms with van der Waals surface area (Å²) in [4.78, 5) is 21.1. The lowest BCUT2D eigenvalue weighted by Crippen LogP contribution is -2.48. The van der Waals surface area contributed by atoms with E-state index < -0.39 is 49.9 Å². The van der Waals surface area contributed by atoms with Crippen LogP contribution < -0.4 is 0 Å². The molecule has 0 saturated heterocycles. The minimum atomic E-state index is -5.89. The Labute approximate surface area is 316 Å². The molecule has 6 aromatic rings. The Morgan fingerprint density at radius 3 is 1.16 bits per heavy atom. The molecule has 0 fully saturated rings. The lowest BCUT2D eigenvalue weighted by molar-refractivity contribution is -0.385. The average molecular weight is 783 g/mol. The zero-order chi connectivity index (χ0) is 39.1. The molecule has 272 valence electrons. The lowest BCUT2D eigenvalue weighted by atomic mass is 9.94. The maximum atomic E-state index is 16.3. The molecule has 0 saturated carbocycles. The Hall–Kier alpha value is -6.48. The summed E-state index contributed by atoms with van der Waals surface area (Å²) in [5, 5.41) is 22.3. The van der Waals surface area contributed by atoms with E-state index in [9.17, 15) is 20.2 Å². The van der Waals surface area contributed by atoms with Crippen LogP contribution >= 0.6 is 22.7 Å². The van der Waals surface area contributed by atoms with Gasteiger partial charge in [0.15, 0.2) is 0 Å². The van der Waals surface area contributed by atoms with Crippen LogP contribution in [0.2, 0.25) is 0 Å². The van der Waals surface area contributed by atoms with Gasteiger partial charge in [-0.05, 0) is 47.5 Å². The number of nitrogens with zero attached hydrogens (tertiary/aromatic N) is 2. The van der Waals surface area contributed by atoms with Crippen LogP contribution in [-0.4, -0.2) is 27.6 Å². The number of hydrogen-bond acceptors (Lipinski definition) is 6. The molecule has 0 atom stereocenters. The highest BCUT2D eigenvalue weighted by Crippen LogP contribution is 2.66. The molecule has 0 radical (unpaired) electrons. The van der Waals surface area contributed by atoms with E-state index in [0.717, 1.165) is 34.8 Å². The maximum Gasteiger partial charge on any atom is 0.380 e. The van der Waals surface area contributed by atoms with Gasteiger partial charge in [-0.1, -0.05) is 84.3 Å². The summed E-state index contributed by atoms with van der Waals surface area (Å²) in [6.07, 6.45) is 0. The molecule has 1 aliphatic rings. The van der Waals surface area contributed by atoms with Gasteiger partial charge < -0.3 is 0 Å². The van der Waals surface area contributed by atoms with Crippen LogP contribution in [-0.2, 0) is 0 Å². The van der Waals surface area contributed by atoms with Gasteiger partial charge in [-0.3, -0.25) is 20.2 Å². The number of rotatable bonds is 6. The van der Waals surface area contributed by atoms with E-state index in [0.29, 0.717) is 11.1 Å². The van der Waals surface area contributed by atoms with E-state index >= 15 is 26.3 Å². The summed E-state index contributed by atoms with van der Waals surface area (Å²) in [7, 11) is 0. The van der Waals surface area contributed by atoms with Crippen LogP contribution in [0.4, 0.5) is 37.7 Å². The molecule has 0 amide bonds. The van der Waals surface area contributed by atoms with Gasteiger partial charge in [0.1, 0.15) is 0 Å². The van der Waals surface area contributed by atoms with Crippen molar-refractivity contribution >= 4 is 45.2 Å². The summed E-state index contributed by atoms with van der Waals surface area (Å²) < 4.78 is 96.6. The summed E-state index contributed by atoms with van der Waals surface area (Å²) >= 11 is 1.66. The predicted molar refractivity (Wildman–Crippen MR) is 199 cm³/mol. The monoisotopic (exact) mass is 782 g/mol. The third-order valence-corrected chi connectivity index (χ3v) is 10.8. The molecule has 0 bridgehead atoms. The summed E-state index contributed by atoms with van der Waals surface area (Å²) in [6.45, 7) is 0. The molecule has 55 heavy (non-hydrogen) atoms. The minimum absolute atomic E-state index is 0.211. The number of nitro groups is 2. The van der Waals surface area contributed by atoms with Crippen molar-refractivity contribution in [3.8, 4) is 44.6 Å². The maximum absolute atomic E-state index is 16.3. The summed E-state index contributed by atoms with van der Waals surface area (Å²) in [6, 6.07) is 28.7. The van der Waals surface area contributed by atoms with Crippen molar-refractivity contribution in [2.24, 2.45) is 0 Å². The smallest absolute Gasteiger partial charge is 0.258 e. The Balaban J connectivity index is 1.50. The summed E-state index contributed by atoms with van der Waals surface area (Å²) in [5.41, 5.74) is -3.62. The second kappa shape index (κ2) is 14.1. The quantitative estimate of drug-likeness (QED) is 0.0729.